The molecule has 206 valence electrons. The lowest BCUT2D eigenvalue weighted by molar-refractivity contribution is -0.143. The third-order valence-corrected chi connectivity index (χ3v) is 8.96. The summed E-state index contributed by atoms with van der Waals surface area (Å²) in [7, 11) is 4.83. The largest absolute Gasteiger partial charge is 0.375 e. The van der Waals surface area contributed by atoms with Crippen molar-refractivity contribution >= 4 is 90.2 Å². The molecule has 0 fully saturated rings. The van der Waals surface area contributed by atoms with Gasteiger partial charge in [0.05, 0.1) is 28.2 Å². The van der Waals surface area contributed by atoms with E-state index >= 15 is 0 Å². The van der Waals surface area contributed by atoms with Gasteiger partial charge >= 0.3 is 0 Å². The minimum Gasteiger partial charge on any atom is -0.375 e. The van der Waals surface area contributed by atoms with Gasteiger partial charge in [-0.3, -0.25) is 9.59 Å². The molecule has 2 aliphatic heterocycles. The number of likely N-dealkylation sites (N-methyl/N-ethyl adjacent to an activating group) is 1. The second-order valence-electron chi connectivity index (χ2n) is 10.3. The molecule has 40 heavy (non-hydrogen) atoms. The SMILES string of the molecule is COC1C(N(C)C(=O)C(Cl)(Cl)Cl)Cn2c3ccccc3c3c4c(c5c6ccccc6n(c5c32)C1OC)CNC4=O. The van der Waals surface area contributed by atoms with Gasteiger partial charge in [-0.2, -0.15) is 0 Å². The van der Waals surface area contributed by atoms with E-state index in [1.807, 2.05) is 42.5 Å². The van der Waals surface area contributed by atoms with Crippen molar-refractivity contribution in [3.63, 3.8) is 0 Å². The molecule has 3 unspecified atom stereocenters. The van der Waals surface area contributed by atoms with E-state index in [4.69, 9.17) is 44.3 Å². The van der Waals surface area contributed by atoms with E-state index in [2.05, 4.69) is 20.5 Å². The van der Waals surface area contributed by atoms with E-state index in [9.17, 15) is 9.59 Å². The van der Waals surface area contributed by atoms with Crippen LogP contribution in [0.3, 0.4) is 0 Å². The number of hydrogen-bond donors (Lipinski definition) is 1. The molecule has 5 aromatic rings. The standard InChI is InChI=1S/C29H25Cl3N4O4/c1-34(28(38)29(30,31)32)19-13-35-17-10-6-4-8-14(17)21-22-16(12-33-26(22)37)20-15-9-5-7-11-18(15)36(24(20)23(21)35)27(40-3)25(19)39-2/h4-11,19,25,27H,12-13H2,1-3H3,(H,33,37). The van der Waals surface area contributed by atoms with Gasteiger partial charge < -0.3 is 28.8 Å². The molecular formula is C29H25Cl3N4O4. The fraction of sp³-hybridized carbons (Fsp3) is 0.310. The van der Waals surface area contributed by atoms with Crippen molar-refractivity contribution < 1.29 is 19.1 Å². The molecule has 7 rings (SSSR count). The second-order valence-corrected chi connectivity index (χ2v) is 12.6. The predicted octanol–water partition coefficient (Wildman–Crippen LogP) is 5.52. The Kier molecular flexibility index (Phi) is 5.83. The third-order valence-electron chi connectivity index (χ3n) is 8.47. The Morgan fingerprint density at radius 2 is 1.62 bits per heavy atom. The Labute approximate surface area is 244 Å². The van der Waals surface area contributed by atoms with Crippen LogP contribution in [0.1, 0.15) is 22.1 Å². The number of aromatic nitrogens is 2. The van der Waals surface area contributed by atoms with Crippen molar-refractivity contribution in [1.29, 1.82) is 0 Å². The Hall–Kier alpha value is -3.01. The highest BCUT2D eigenvalue weighted by atomic mass is 35.6. The van der Waals surface area contributed by atoms with Gasteiger partial charge in [0, 0.05) is 61.4 Å². The molecule has 3 aromatic carbocycles. The van der Waals surface area contributed by atoms with E-state index in [-0.39, 0.29) is 5.91 Å². The minimum absolute atomic E-state index is 0.100. The first-order chi connectivity index (χ1) is 19.2. The van der Waals surface area contributed by atoms with Gasteiger partial charge in [0.1, 0.15) is 6.10 Å². The molecule has 11 heteroatoms. The Balaban J connectivity index is 1.71. The number of alkyl halides is 3. The number of nitrogens with one attached hydrogen (secondary N) is 1. The fourth-order valence-electron chi connectivity index (χ4n) is 6.85. The molecular weight excluding hydrogens is 575 g/mol. The highest BCUT2D eigenvalue weighted by Gasteiger charge is 2.45. The van der Waals surface area contributed by atoms with Crippen LogP contribution < -0.4 is 5.32 Å². The zero-order valence-corrected chi connectivity index (χ0v) is 24.1. The molecule has 3 atom stereocenters. The van der Waals surface area contributed by atoms with Crippen LogP contribution in [0.5, 0.6) is 0 Å². The van der Waals surface area contributed by atoms with Gasteiger partial charge in [0.15, 0.2) is 6.23 Å². The molecule has 0 radical (unpaired) electrons. The van der Waals surface area contributed by atoms with Crippen LogP contribution in [0, 0.1) is 0 Å². The van der Waals surface area contributed by atoms with Crippen LogP contribution in [0.2, 0.25) is 0 Å². The van der Waals surface area contributed by atoms with Gasteiger partial charge in [0.2, 0.25) is 0 Å². The summed E-state index contributed by atoms with van der Waals surface area (Å²) in [6.07, 6.45) is -1.30. The number of methoxy groups -OCH3 is 2. The first-order valence-corrected chi connectivity index (χ1v) is 14.0. The van der Waals surface area contributed by atoms with E-state index in [0.717, 1.165) is 49.2 Å². The summed E-state index contributed by atoms with van der Waals surface area (Å²) < 4.78 is 14.5. The number of carbonyl (C=O) groups is 2. The zero-order valence-electron chi connectivity index (χ0n) is 21.9. The maximum absolute atomic E-state index is 13.4. The third kappa shape index (κ3) is 3.34. The van der Waals surface area contributed by atoms with Crippen LogP contribution in [-0.4, -0.2) is 63.1 Å². The van der Waals surface area contributed by atoms with Crippen molar-refractivity contribution in [3.8, 4) is 0 Å². The van der Waals surface area contributed by atoms with Crippen molar-refractivity contribution in [2.75, 3.05) is 21.3 Å². The van der Waals surface area contributed by atoms with Gasteiger partial charge in [-0.15, -0.1) is 0 Å². The Morgan fingerprint density at radius 1 is 0.975 bits per heavy atom. The minimum atomic E-state index is -2.16. The number of fused-ring (bicyclic) bond motifs is 9. The maximum Gasteiger partial charge on any atom is 0.274 e. The Bertz CT molecular complexity index is 1890. The smallest absolute Gasteiger partial charge is 0.274 e. The van der Waals surface area contributed by atoms with E-state index < -0.39 is 28.1 Å². The first kappa shape index (κ1) is 25.9. The highest BCUT2D eigenvalue weighted by molar-refractivity contribution is 6.76. The summed E-state index contributed by atoms with van der Waals surface area (Å²) in [6, 6.07) is 15.5. The van der Waals surface area contributed by atoms with Gasteiger partial charge in [0.25, 0.3) is 15.6 Å². The van der Waals surface area contributed by atoms with Crippen molar-refractivity contribution in [2.45, 2.75) is 35.3 Å². The van der Waals surface area contributed by atoms with Gasteiger partial charge in [-0.05, 0) is 17.7 Å². The van der Waals surface area contributed by atoms with Crippen LogP contribution in [0.25, 0.3) is 43.6 Å². The number of rotatable bonds is 3. The lowest BCUT2D eigenvalue weighted by Crippen LogP contribution is -2.54. The number of para-hydroxylation sites is 2. The molecule has 0 saturated heterocycles. The fourth-order valence-corrected chi connectivity index (χ4v) is 7.25. The Morgan fingerprint density at radius 3 is 2.27 bits per heavy atom. The maximum atomic E-state index is 13.4. The molecule has 2 amide bonds. The summed E-state index contributed by atoms with van der Waals surface area (Å²) in [6.45, 7) is 0.741. The van der Waals surface area contributed by atoms with E-state index in [0.29, 0.717) is 18.7 Å². The summed E-state index contributed by atoms with van der Waals surface area (Å²) >= 11 is 18.3. The van der Waals surface area contributed by atoms with Crippen molar-refractivity contribution in [3.05, 3.63) is 59.7 Å². The normalized spacial score (nSPS) is 20.9. The van der Waals surface area contributed by atoms with Crippen molar-refractivity contribution in [2.24, 2.45) is 0 Å². The average Bonchev–Trinajstić information content (AvgIpc) is 3.58. The lowest BCUT2D eigenvalue weighted by Gasteiger charge is -2.40. The molecule has 0 aliphatic carbocycles. The number of carbonyl (C=O) groups excluding carboxylic acids is 2. The highest BCUT2D eigenvalue weighted by Crippen LogP contribution is 2.48. The summed E-state index contributed by atoms with van der Waals surface area (Å²) in [4.78, 5) is 28.2. The van der Waals surface area contributed by atoms with Gasteiger partial charge in [-0.1, -0.05) is 71.2 Å². The predicted molar refractivity (Wildman–Crippen MR) is 157 cm³/mol. The zero-order chi connectivity index (χ0) is 28.1. The summed E-state index contributed by atoms with van der Waals surface area (Å²) in [5.74, 6) is -0.777. The number of benzene rings is 3. The lowest BCUT2D eigenvalue weighted by atomic mass is 9.96. The van der Waals surface area contributed by atoms with Crippen LogP contribution >= 0.6 is 34.8 Å². The first-order valence-electron chi connectivity index (χ1n) is 12.8. The molecule has 2 aromatic heterocycles. The van der Waals surface area contributed by atoms with Crippen LogP contribution in [-0.2, 0) is 27.4 Å². The molecule has 0 bridgehead atoms. The monoisotopic (exact) mass is 598 g/mol. The number of ether oxygens (including phenoxy) is 2. The van der Waals surface area contributed by atoms with Crippen molar-refractivity contribution in [1.82, 2.24) is 19.4 Å². The molecule has 1 N–H and O–H groups in total. The second kappa shape index (κ2) is 8.99. The summed E-state index contributed by atoms with van der Waals surface area (Å²) in [5, 5.41) is 6.89. The number of halogens is 3. The van der Waals surface area contributed by atoms with E-state index in [1.54, 1.807) is 21.3 Å². The molecule has 0 spiro atoms. The van der Waals surface area contributed by atoms with Crippen LogP contribution in [0.4, 0.5) is 0 Å². The molecule has 0 saturated carbocycles. The quantitative estimate of drug-likeness (QED) is 0.277. The topological polar surface area (TPSA) is 77.7 Å². The number of nitrogens with zero attached hydrogens (tertiary/aromatic N) is 3. The summed E-state index contributed by atoms with van der Waals surface area (Å²) in [5.41, 5.74) is 5.34. The van der Waals surface area contributed by atoms with Crippen LogP contribution in [0.15, 0.2) is 48.5 Å². The number of hydrogen-bond acceptors (Lipinski definition) is 4. The van der Waals surface area contributed by atoms with E-state index in [1.165, 1.54) is 4.90 Å². The van der Waals surface area contributed by atoms with Gasteiger partial charge in [-0.25, -0.2) is 0 Å². The molecule has 8 nitrogen and oxygen atoms in total. The molecule has 4 heterocycles. The molecule has 2 aliphatic rings. The number of amides is 2. The average molecular weight is 600 g/mol.